The number of carbonyl (C=O) groups is 3. The van der Waals surface area contributed by atoms with Crippen LogP contribution in [0.3, 0.4) is 0 Å². The van der Waals surface area contributed by atoms with Crippen molar-refractivity contribution in [1.29, 1.82) is 0 Å². The van der Waals surface area contributed by atoms with Crippen molar-refractivity contribution in [2.75, 3.05) is 32.7 Å². The van der Waals surface area contributed by atoms with Crippen LogP contribution in [0.4, 0.5) is 13.2 Å². The fourth-order valence-electron chi connectivity index (χ4n) is 3.29. The first-order valence-corrected chi connectivity index (χ1v) is 8.44. The molecule has 1 unspecified atom stereocenters. The van der Waals surface area contributed by atoms with Gasteiger partial charge in [-0.05, 0) is 12.8 Å². The van der Waals surface area contributed by atoms with Gasteiger partial charge in [0.1, 0.15) is 6.04 Å². The summed E-state index contributed by atoms with van der Waals surface area (Å²) in [6, 6.07) is -1.11. The molecule has 1 aromatic rings. The van der Waals surface area contributed by atoms with E-state index in [4.69, 9.17) is 4.42 Å². The number of piperazine rings is 1. The van der Waals surface area contributed by atoms with Crippen LogP contribution in [0.5, 0.6) is 0 Å². The highest BCUT2D eigenvalue weighted by atomic mass is 19.4. The maximum Gasteiger partial charge on any atom is 0.471 e. The summed E-state index contributed by atoms with van der Waals surface area (Å²) in [7, 11) is 0. The fourth-order valence-corrected chi connectivity index (χ4v) is 3.29. The molecule has 9 nitrogen and oxygen atoms in total. The fraction of sp³-hybridized carbons (Fsp3) is 0.667. The lowest BCUT2D eigenvalue weighted by molar-refractivity contribution is -0.187. The van der Waals surface area contributed by atoms with Crippen LogP contribution in [-0.2, 0) is 9.59 Å². The Kier molecular flexibility index (Phi) is 5.07. The number of likely N-dealkylation sites (tertiary alicyclic amines) is 1. The number of hydrogen-bond acceptors (Lipinski definition) is 6. The van der Waals surface area contributed by atoms with Gasteiger partial charge in [0.25, 0.3) is 0 Å². The zero-order valence-corrected chi connectivity index (χ0v) is 14.5. The predicted molar refractivity (Wildman–Crippen MR) is 82.3 cm³/mol. The van der Waals surface area contributed by atoms with Gasteiger partial charge in [-0.25, -0.2) is 0 Å². The average molecular weight is 389 g/mol. The molecular weight excluding hydrogens is 371 g/mol. The Balaban J connectivity index is 1.59. The molecule has 0 bridgehead atoms. The number of rotatable bonds is 2. The molecule has 2 aliphatic rings. The van der Waals surface area contributed by atoms with E-state index in [0.717, 1.165) is 0 Å². The van der Waals surface area contributed by atoms with Crippen molar-refractivity contribution in [1.82, 2.24) is 24.9 Å². The van der Waals surface area contributed by atoms with E-state index < -0.39 is 29.9 Å². The van der Waals surface area contributed by atoms with Crippen LogP contribution in [0.25, 0.3) is 0 Å². The van der Waals surface area contributed by atoms with Gasteiger partial charge in [-0.3, -0.25) is 14.4 Å². The minimum atomic E-state index is -5.00. The third kappa shape index (κ3) is 3.88. The Bertz CT molecular complexity index is 742. The van der Waals surface area contributed by atoms with Gasteiger partial charge in [-0.15, -0.1) is 10.2 Å². The van der Waals surface area contributed by atoms with Crippen LogP contribution in [0, 0.1) is 6.92 Å². The van der Waals surface area contributed by atoms with Gasteiger partial charge >= 0.3 is 23.9 Å². The maximum atomic E-state index is 12.7. The Hall–Kier alpha value is -2.66. The van der Waals surface area contributed by atoms with Gasteiger partial charge < -0.3 is 19.1 Å². The highest BCUT2D eigenvalue weighted by molar-refractivity contribution is 5.91. The number of halogens is 3. The van der Waals surface area contributed by atoms with Gasteiger partial charge in [-0.2, -0.15) is 13.2 Å². The summed E-state index contributed by atoms with van der Waals surface area (Å²) in [6.45, 7) is 2.14. The van der Waals surface area contributed by atoms with Gasteiger partial charge in [-0.1, -0.05) is 0 Å². The molecule has 3 rings (SSSR count). The summed E-state index contributed by atoms with van der Waals surface area (Å²) in [5.41, 5.74) is 0. The molecule has 0 aromatic carbocycles. The molecule has 2 aliphatic heterocycles. The summed E-state index contributed by atoms with van der Waals surface area (Å²) in [6.07, 6.45) is -4.47. The molecular formula is C15H18F3N5O4. The topological polar surface area (TPSA) is 99.9 Å². The molecule has 1 aromatic heterocycles. The Morgan fingerprint density at radius 3 is 2.22 bits per heavy atom. The zero-order chi connectivity index (χ0) is 19.8. The van der Waals surface area contributed by atoms with Crippen molar-refractivity contribution in [2.45, 2.75) is 32.0 Å². The lowest BCUT2D eigenvalue weighted by atomic mass is 10.1. The van der Waals surface area contributed by atoms with Crippen molar-refractivity contribution in [3.63, 3.8) is 0 Å². The van der Waals surface area contributed by atoms with E-state index in [1.165, 1.54) is 9.80 Å². The minimum Gasteiger partial charge on any atom is -0.417 e. The van der Waals surface area contributed by atoms with E-state index in [9.17, 15) is 27.6 Å². The van der Waals surface area contributed by atoms with Crippen LogP contribution in [-0.4, -0.2) is 87.6 Å². The largest absolute Gasteiger partial charge is 0.471 e. The van der Waals surface area contributed by atoms with Crippen LogP contribution < -0.4 is 0 Å². The molecule has 0 radical (unpaired) electrons. The van der Waals surface area contributed by atoms with Crippen LogP contribution in [0.15, 0.2) is 4.42 Å². The molecule has 3 amide bonds. The van der Waals surface area contributed by atoms with Crippen LogP contribution in [0.2, 0.25) is 0 Å². The summed E-state index contributed by atoms with van der Waals surface area (Å²) in [4.78, 5) is 39.8. The van der Waals surface area contributed by atoms with Crippen molar-refractivity contribution in [3.8, 4) is 0 Å². The summed E-state index contributed by atoms with van der Waals surface area (Å²) >= 11 is 0. The highest BCUT2D eigenvalue weighted by Gasteiger charge is 2.48. The molecule has 27 heavy (non-hydrogen) atoms. The van der Waals surface area contributed by atoms with E-state index in [2.05, 4.69) is 10.2 Å². The summed E-state index contributed by atoms with van der Waals surface area (Å²) in [5.74, 6) is -2.87. The third-order valence-electron chi connectivity index (χ3n) is 4.63. The monoisotopic (exact) mass is 389 g/mol. The number of hydrogen-bond donors (Lipinski definition) is 0. The number of carbonyl (C=O) groups excluding carboxylic acids is 3. The van der Waals surface area contributed by atoms with Gasteiger partial charge in [0.15, 0.2) is 0 Å². The van der Waals surface area contributed by atoms with Crippen LogP contribution in [0.1, 0.15) is 29.4 Å². The third-order valence-corrected chi connectivity index (χ3v) is 4.63. The van der Waals surface area contributed by atoms with Crippen molar-refractivity contribution in [2.24, 2.45) is 0 Å². The Morgan fingerprint density at radius 2 is 1.67 bits per heavy atom. The van der Waals surface area contributed by atoms with E-state index >= 15 is 0 Å². The van der Waals surface area contributed by atoms with Crippen molar-refractivity contribution >= 4 is 17.7 Å². The Morgan fingerprint density at radius 1 is 1.04 bits per heavy atom. The molecule has 1 atom stereocenters. The Labute approximate surface area is 152 Å². The highest BCUT2D eigenvalue weighted by Crippen LogP contribution is 2.27. The maximum absolute atomic E-state index is 12.7. The molecule has 0 saturated carbocycles. The molecule has 0 N–H and O–H groups in total. The second-order valence-corrected chi connectivity index (χ2v) is 6.40. The zero-order valence-electron chi connectivity index (χ0n) is 14.5. The second-order valence-electron chi connectivity index (χ2n) is 6.40. The molecule has 148 valence electrons. The predicted octanol–water partition coefficient (Wildman–Crippen LogP) is 0.216. The van der Waals surface area contributed by atoms with Gasteiger partial charge in [0.2, 0.25) is 11.8 Å². The molecule has 12 heteroatoms. The van der Waals surface area contributed by atoms with Crippen molar-refractivity contribution in [3.05, 3.63) is 11.8 Å². The SMILES string of the molecule is Cc1nnc(C(=O)N2CCN(C(=O)C3CCCN3C(=O)C(F)(F)F)CC2)o1. The first-order valence-electron chi connectivity index (χ1n) is 8.44. The molecule has 0 spiro atoms. The smallest absolute Gasteiger partial charge is 0.417 e. The van der Waals surface area contributed by atoms with E-state index in [1.807, 2.05) is 0 Å². The van der Waals surface area contributed by atoms with Gasteiger partial charge in [0, 0.05) is 39.6 Å². The lowest BCUT2D eigenvalue weighted by Gasteiger charge is -2.36. The van der Waals surface area contributed by atoms with E-state index in [-0.39, 0.29) is 50.9 Å². The number of alkyl halides is 3. The number of amides is 3. The first-order chi connectivity index (χ1) is 12.7. The number of aromatic nitrogens is 2. The first kappa shape index (κ1) is 19.1. The van der Waals surface area contributed by atoms with E-state index in [0.29, 0.717) is 11.3 Å². The summed E-state index contributed by atoms with van der Waals surface area (Å²) in [5, 5.41) is 7.24. The number of aryl methyl sites for hydroxylation is 1. The van der Waals surface area contributed by atoms with E-state index in [1.54, 1.807) is 6.92 Å². The average Bonchev–Trinajstić information content (AvgIpc) is 3.28. The van der Waals surface area contributed by atoms with Crippen LogP contribution >= 0.6 is 0 Å². The molecule has 0 aliphatic carbocycles. The molecule has 2 saturated heterocycles. The summed E-state index contributed by atoms with van der Waals surface area (Å²) < 4.78 is 43.2. The van der Waals surface area contributed by atoms with Crippen molar-refractivity contribution < 1.29 is 32.0 Å². The molecule has 3 heterocycles. The standard InChI is InChI=1S/C15H18F3N5O4/c1-9-19-20-11(27-9)13(25)22-7-5-21(6-8-22)12(24)10-3-2-4-23(10)14(26)15(16,17)18/h10H,2-8H2,1H3. The minimum absolute atomic E-state index is 0.0935. The lowest BCUT2D eigenvalue weighted by Crippen LogP contribution is -2.56. The van der Waals surface area contributed by atoms with Gasteiger partial charge in [0.05, 0.1) is 0 Å². The molecule has 2 fully saturated rings. The second kappa shape index (κ2) is 7.16. The quantitative estimate of drug-likeness (QED) is 0.717. The normalized spacial score (nSPS) is 20.9. The number of nitrogens with zero attached hydrogens (tertiary/aromatic N) is 5.